The van der Waals surface area contributed by atoms with E-state index in [1.54, 1.807) is 12.1 Å². The number of hydrogen-bond donors (Lipinski definition) is 0. The standard InChI is InChI=1S/C27H30F2O2/c1-4-5-6-7-19(2)31-24-14-12-22(13-15-24)21-8-10-23(11-9-21)27-25(28)16-20(18-30-3)17-26(27)29/h8-17,19H,4-7,18H2,1-3H3. The summed E-state index contributed by atoms with van der Waals surface area (Å²) in [6, 6.07) is 17.8. The van der Waals surface area contributed by atoms with Crippen molar-refractivity contribution in [3.8, 4) is 28.0 Å². The van der Waals surface area contributed by atoms with Crippen molar-refractivity contribution in [2.45, 2.75) is 52.2 Å². The minimum absolute atomic E-state index is 0.0211. The van der Waals surface area contributed by atoms with Gasteiger partial charge >= 0.3 is 0 Å². The molecule has 0 amide bonds. The fourth-order valence-electron chi connectivity index (χ4n) is 3.68. The number of benzene rings is 3. The van der Waals surface area contributed by atoms with E-state index in [0.29, 0.717) is 11.1 Å². The second-order valence-corrected chi connectivity index (χ2v) is 7.89. The number of unbranched alkanes of at least 4 members (excludes halogenated alkanes) is 2. The van der Waals surface area contributed by atoms with Crippen molar-refractivity contribution in [3.05, 3.63) is 77.9 Å². The first-order valence-electron chi connectivity index (χ1n) is 10.9. The van der Waals surface area contributed by atoms with Crippen molar-refractivity contribution in [1.82, 2.24) is 0 Å². The van der Waals surface area contributed by atoms with Gasteiger partial charge < -0.3 is 9.47 Å². The minimum Gasteiger partial charge on any atom is -0.491 e. The van der Waals surface area contributed by atoms with Gasteiger partial charge in [0, 0.05) is 7.11 Å². The van der Waals surface area contributed by atoms with E-state index in [9.17, 15) is 8.78 Å². The highest BCUT2D eigenvalue weighted by atomic mass is 19.1. The fourth-order valence-corrected chi connectivity index (χ4v) is 3.68. The predicted molar refractivity (Wildman–Crippen MR) is 122 cm³/mol. The van der Waals surface area contributed by atoms with E-state index in [1.165, 1.54) is 38.5 Å². The van der Waals surface area contributed by atoms with Crippen molar-refractivity contribution in [2.24, 2.45) is 0 Å². The first-order valence-corrected chi connectivity index (χ1v) is 10.9. The van der Waals surface area contributed by atoms with Crippen molar-refractivity contribution >= 4 is 0 Å². The summed E-state index contributed by atoms with van der Waals surface area (Å²) >= 11 is 0. The Morgan fingerprint density at radius 1 is 0.806 bits per heavy atom. The summed E-state index contributed by atoms with van der Waals surface area (Å²) in [6.45, 7) is 4.47. The van der Waals surface area contributed by atoms with Crippen LogP contribution in [-0.4, -0.2) is 13.2 Å². The van der Waals surface area contributed by atoms with Crippen LogP contribution in [0.15, 0.2) is 60.7 Å². The largest absolute Gasteiger partial charge is 0.491 e. The van der Waals surface area contributed by atoms with Crippen LogP contribution in [-0.2, 0) is 11.3 Å². The molecule has 0 radical (unpaired) electrons. The van der Waals surface area contributed by atoms with Crippen molar-refractivity contribution < 1.29 is 18.3 Å². The summed E-state index contributed by atoms with van der Waals surface area (Å²) in [4.78, 5) is 0. The van der Waals surface area contributed by atoms with Gasteiger partial charge in [-0.3, -0.25) is 0 Å². The zero-order valence-electron chi connectivity index (χ0n) is 18.5. The molecule has 3 aromatic carbocycles. The zero-order valence-corrected chi connectivity index (χ0v) is 18.5. The average Bonchev–Trinajstić information content (AvgIpc) is 2.75. The Morgan fingerprint density at radius 2 is 1.35 bits per heavy atom. The highest BCUT2D eigenvalue weighted by Gasteiger charge is 2.14. The Kier molecular flexibility index (Phi) is 8.19. The van der Waals surface area contributed by atoms with E-state index >= 15 is 0 Å². The Morgan fingerprint density at radius 3 is 1.90 bits per heavy atom. The quantitative estimate of drug-likeness (QED) is 0.309. The van der Waals surface area contributed by atoms with Gasteiger partial charge in [0.1, 0.15) is 17.4 Å². The second kappa shape index (κ2) is 11.1. The van der Waals surface area contributed by atoms with Crippen LogP contribution < -0.4 is 4.74 Å². The fraction of sp³-hybridized carbons (Fsp3) is 0.333. The first kappa shape index (κ1) is 23.0. The third-order valence-electron chi connectivity index (χ3n) is 5.33. The van der Waals surface area contributed by atoms with Crippen LogP contribution >= 0.6 is 0 Å². The number of rotatable bonds is 10. The molecule has 0 saturated carbocycles. The van der Waals surface area contributed by atoms with Crippen LogP contribution in [0.5, 0.6) is 5.75 Å². The van der Waals surface area contributed by atoms with Crippen LogP contribution in [0, 0.1) is 11.6 Å². The normalized spacial score (nSPS) is 12.0. The molecule has 0 bridgehead atoms. The lowest BCUT2D eigenvalue weighted by molar-refractivity contribution is 0.184. The van der Waals surface area contributed by atoms with Crippen LogP contribution in [0.3, 0.4) is 0 Å². The van der Waals surface area contributed by atoms with Crippen LogP contribution in [0.25, 0.3) is 22.3 Å². The summed E-state index contributed by atoms with van der Waals surface area (Å²) in [7, 11) is 1.50. The van der Waals surface area contributed by atoms with E-state index < -0.39 is 11.6 Å². The third kappa shape index (κ3) is 6.14. The Balaban J connectivity index is 1.70. The van der Waals surface area contributed by atoms with Gasteiger partial charge in [-0.2, -0.15) is 0 Å². The Labute approximate surface area is 183 Å². The number of ether oxygens (including phenoxy) is 2. The summed E-state index contributed by atoms with van der Waals surface area (Å²) in [5, 5.41) is 0. The molecule has 0 N–H and O–H groups in total. The zero-order chi connectivity index (χ0) is 22.2. The van der Waals surface area contributed by atoms with Gasteiger partial charge in [0.05, 0.1) is 18.3 Å². The molecule has 3 aromatic rings. The molecular weight excluding hydrogens is 394 g/mol. The van der Waals surface area contributed by atoms with Crippen molar-refractivity contribution in [2.75, 3.05) is 7.11 Å². The second-order valence-electron chi connectivity index (χ2n) is 7.89. The van der Waals surface area contributed by atoms with Crippen molar-refractivity contribution in [1.29, 1.82) is 0 Å². The van der Waals surface area contributed by atoms with Crippen molar-refractivity contribution in [3.63, 3.8) is 0 Å². The smallest absolute Gasteiger partial charge is 0.134 e. The maximum atomic E-state index is 14.5. The molecule has 0 heterocycles. The maximum Gasteiger partial charge on any atom is 0.134 e. The number of methoxy groups -OCH3 is 1. The Hall–Kier alpha value is -2.72. The molecule has 0 aromatic heterocycles. The lowest BCUT2D eigenvalue weighted by atomic mass is 9.98. The molecule has 164 valence electrons. The molecule has 0 aliphatic heterocycles. The Bertz CT molecular complexity index is 943. The molecule has 0 aliphatic rings. The molecule has 3 rings (SSSR count). The first-order chi connectivity index (χ1) is 15.0. The summed E-state index contributed by atoms with van der Waals surface area (Å²) < 4.78 is 39.9. The lowest BCUT2D eigenvalue weighted by Crippen LogP contribution is -2.11. The van der Waals surface area contributed by atoms with Gasteiger partial charge in [0.25, 0.3) is 0 Å². The average molecular weight is 425 g/mol. The van der Waals surface area contributed by atoms with Crippen LogP contribution in [0.2, 0.25) is 0 Å². The third-order valence-corrected chi connectivity index (χ3v) is 5.33. The topological polar surface area (TPSA) is 18.5 Å². The summed E-state index contributed by atoms with van der Waals surface area (Å²) in [5.74, 6) is -0.326. The van der Waals surface area contributed by atoms with E-state index in [4.69, 9.17) is 9.47 Å². The highest BCUT2D eigenvalue weighted by Crippen LogP contribution is 2.30. The van der Waals surface area contributed by atoms with E-state index in [2.05, 4.69) is 13.8 Å². The SMILES string of the molecule is CCCCCC(C)Oc1ccc(-c2ccc(-c3c(F)cc(COC)cc3F)cc2)cc1. The highest BCUT2D eigenvalue weighted by molar-refractivity contribution is 5.71. The maximum absolute atomic E-state index is 14.5. The van der Waals surface area contributed by atoms with E-state index in [0.717, 1.165) is 23.3 Å². The molecule has 0 fully saturated rings. The molecular formula is C27H30F2O2. The van der Waals surface area contributed by atoms with Crippen LogP contribution in [0.1, 0.15) is 45.1 Å². The minimum atomic E-state index is -0.589. The molecule has 0 aliphatic carbocycles. The van der Waals surface area contributed by atoms with Gasteiger partial charge in [-0.25, -0.2) is 8.78 Å². The predicted octanol–water partition coefficient (Wildman–Crippen LogP) is 7.79. The van der Waals surface area contributed by atoms with Gasteiger partial charge in [-0.15, -0.1) is 0 Å². The van der Waals surface area contributed by atoms with E-state index in [1.807, 2.05) is 36.4 Å². The van der Waals surface area contributed by atoms with Gasteiger partial charge in [-0.05, 0) is 66.3 Å². The van der Waals surface area contributed by atoms with Gasteiger partial charge in [0.15, 0.2) is 0 Å². The molecule has 2 nitrogen and oxygen atoms in total. The molecule has 31 heavy (non-hydrogen) atoms. The lowest BCUT2D eigenvalue weighted by Gasteiger charge is -2.15. The van der Waals surface area contributed by atoms with E-state index in [-0.39, 0.29) is 18.3 Å². The molecule has 1 atom stereocenters. The van der Waals surface area contributed by atoms with Gasteiger partial charge in [0.2, 0.25) is 0 Å². The number of halogens is 2. The van der Waals surface area contributed by atoms with Gasteiger partial charge in [-0.1, -0.05) is 56.2 Å². The summed E-state index contributed by atoms with van der Waals surface area (Å²) in [6.07, 6.45) is 4.86. The van der Waals surface area contributed by atoms with Crippen LogP contribution in [0.4, 0.5) is 8.78 Å². The summed E-state index contributed by atoms with van der Waals surface area (Å²) in [5.41, 5.74) is 2.95. The molecule has 4 heteroatoms. The monoisotopic (exact) mass is 424 g/mol. The number of hydrogen-bond acceptors (Lipinski definition) is 2. The molecule has 1 unspecified atom stereocenters. The molecule has 0 spiro atoms. The molecule has 0 saturated heterocycles.